The van der Waals surface area contributed by atoms with Gasteiger partial charge in [0, 0.05) is 19.8 Å². The van der Waals surface area contributed by atoms with Crippen LogP contribution in [-0.4, -0.2) is 27.8 Å². The summed E-state index contributed by atoms with van der Waals surface area (Å²) < 4.78 is 24.1. The third-order valence-electron chi connectivity index (χ3n) is 3.43. The predicted octanol–water partition coefficient (Wildman–Crippen LogP) is 4.35. The molecule has 122 valence electrons. The van der Waals surface area contributed by atoms with E-state index in [1.165, 1.54) is 0 Å². The summed E-state index contributed by atoms with van der Waals surface area (Å²) in [6.07, 6.45) is 0. The lowest BCUT2D eigenvalue weighted by Crippen LogP contribution is -2.13. The van der Waals surface area contributed by atoms with Crippen LogP contribution >= 0.6 is 0 Å². The van der Waals surface area contributed by atoms with Crippen LogP contribution in [0, 0.1) is 0 Å². The third-order valence-corrected chi connectivity index (χ3v) is 5.60. The van der Waals surface area contributed by atoms with Gasteiger partial charge in [0.25, 0.3) is 0 Å². The van der Waals surface area contributed by atoms with Gasteiger partial charge in [-0.2, -0.15) is 10.2 Å². The van der Waals surface area contributed by atoms with Crippen LogP contribution in [0.1, 0.15) is 13.8 Å². The quantitative estimate of drug-likeness (QED) is 0.765. The largest absolute Gasteiger partial charge is 0.378 e. The highest BCUT2D eigenvalue weighted by Crippen LogP contribution is 2.23. The Hall–Kier alpha value is -2.21. The Balaban J connectivity index is 2.14. The number of hydrogen-bond acceptors (Lipinski definition) is 5. The Morgan fingerprint density at radius 2 is 1.26 bits per heavy atom. The van der Waals surface area contributed by atoms with E-state index in [0.29, 0.717) is 10.6 Å². The second kappa shape index (κ2) is 6.91. The van der Waals surface area contributed by atoms with Gasteiger partial charge in [-0.3, -0.25) is 0 Å². The maximum absolute atomic E-state index is 12.1. The van der Waals surface area contributed by atoms with Crippen molar-refractivity contribution in [2.45, 2.75) is 24.0 Å². The molecule has 5 nitrogen and oxygen atoms in total. The van der Waals surface area contributed by atoms with Crippen LogP contribution in [0.3, 0.4) is 0 Å². The van der Waals surface area contributed by atoms with Crippen LogP contribution in [0.25, 0.3) is 0 Å². The van der Waals surface area contributed by atoms with Gasteiger partial charge in [-0.15, -0.1) is 0 Å². The maximum atomic E-state index is 12.1. The summed E-state index contributed by atoms with van der Waals surface area (Å²) in [5.74, 6) is 0. The lowest BCUT2D eigenvalue weighted by Gasteiger charge is -2.11. The van der Waals surface area contributed by atoms with Crippen molar-refractivity contribution in [3.05, 3.63) is 48.5 Å². The summed E-state index contributed by atoms with van der Waals surface area (Å²) in [7, 11) is 0.700. The lowest BCUT2D eigenvalue weighted by molar-refractivity contribution is 0.587. The van der Waals surface area contributed by atoms with Crippen LogP contribution in [0.15, 0.2) is 63.7 Å². The second-order valence-electron chi connectivity index (χ2n) is 5.70. The van der Waals surface area contributed by atoms with Crippen LogP contribution < -0.4 is 4.90 Å². The van der Waals surface area contributed by atoms with E-state index in [2.05, 4.69) is 10.2 Å². The van der Waals surface area contributed by atoms with Crippen LogP contribution in [0.4, 0.5) is 17.1 Å². The average molecular weight is 331 g/mol. The van der Waals surface area contributed by atoms with Crippen molar-refractivity contribution in [2.75, 3.05) is 19.0 Å². The van der Waals surface area contributed by atoms with E-state index in [-0.39, 0.29) is 0 Å². The van der Waals surface area contributed by atoms with E-state index in [0.717, 1.165) is 11.4 Å². The highest BCUT2D eigenvalue weighted by atomic mass is 32.2. The number of nitrogens with zero attached hydrogens (tertiary/aromatic N) is 3. The zero-order valence-corrected chi connectivity index (χ0v) is 14.6. The molecule has 0 aliphatic rings. The van der Waals surface area contributed by atoms with Crippen molar-refractivity contribution in [1.29, 1.82) is 0 Å². The van der Waals surface area contributed by atoms with Crippen molar-refractivity contribution in [3.8, 4) is 0 Å². The minimum Gasteiger partial charge on any atom is -0.378 e. The van der Waals surface area contributed by atoms with Gasteiger partial charge in [-0.25, -0.2) is 8.42 Å². The van der Waals surface area contributed by atoms with E-state index in [1.54, 1.807) is 38.1 Å². The first-order chi connectivity index (χ1) is 10.8. The molecule has 0 N–H and O–H groups in total. The predicted molar refractivity (Wildman–Crippen MR) is 93.7 cm³/mol. The summed E-state index contributed by atoms with van der Waals surface area (Å²) in [6.45, 7) is 3.33. The normalized spacial score (nSPS) is 12.0. The Morgan fingerprint density at radius 3 is 1.65 bits per heavy atom. The van der Waals surface area contributed by atoms with Crippen LogP contribution in [0.5, 0.6) is 0 Å². The molecule has 0 fully saturated rings. The number of hydrogen-bond donors (Lipinski definition) is 0. The molecular weight excluding hydrogens is 310 g/mol. The topological polar surface area (TPSA) is 62.1 Å². The molecule has 0 aromatic heterocycles. The van der Waals surface area contributed by atoms with Gasteiger partial charge in [-0.05, 0) is 62.4 Å². The third kappa shape index (κ3) is 4.16. The lowest BCUT2D eigenvalue weighted by atomic mass is 10.3. The van der Waals surface area contributed by atoms with Gasteiger partial charge in [0.1, 0.15) is 0 Å². The molecule has 0 aliphatic carbocycles. The molecule has 6 heteroatoms. The molecule has 0 atom stereocenters. The average Bonchev–Trinajstić information content (AvgIpc) is 2.53. The van der Waals surface area contributed by atoms with Crippen molar-refractivity contribution >= 4 is 26.9 Å². The fourth-order valence-corrected chi connectivity index (χ4v) is 2.97. The molecule has 0 amide bonds. The summed E-state index contributed by atoms with van der Waals surface area (Å²) in [6, 6.07) is 14.2. The first-order valence-electron chi connectivity index (χ1n) is 7.34. The Kier molecular flexibility index (Phi) is 5.15. The van der Waals surface area contributed by atoms with Gasteiger partial charge < -0.3 is 4.90 Å². The summed E-state index contributed by atoms with van der Waals surface area (Å²) >= 11 is 0. The van der Waals surface area contributed by atoms with Crippen LogP contribution in [0.2, 0.25) is 0 Å². The Bertz CT molecular complexity index is 778. The standard InChI is InChI=1S/C17H21N3O2S/c1-13(2)23(21,22)17-11-7-15(8-12-17)19-18-14-5-9-16(10-6-14)20(3)4/h5-13H,1-4H3/b19-18+. The monoisotopic (exact) mass is 331 g/mol. The fourth-order valence-electron chi connectivity index (χ4n) is 1.91. The number of benzene rings is 2. The molecule has 2 aromatic carbocycles. The first kappa shape index (κ1) is 17.1. The molecule has 23 heavy (non-hydrogen) atoms. The summed E-state index contributed by atoms with van der Waals surface area (Å²) in [4.78, 5) is 2.32. The number of sulfone groups is 1. The zero-order valence-electron chi connectivity index (χ0n) is 13.8. The van der Waals surface area contributed by atoms with E-state index in [1.807, 2.05) is 43.3 Å². The summed E-state index contributed by atoms with van der Waals surface area (Å²) in [5, 5.41) is 7.86. The van der Waals surface area contributed by atoms with E-state index in [4.69, 9.17) is 0 Å². The smallest absolute Gasteiger partial charge is 0.180 e. The zero-order chi connectivity index (χ0) is 17.0. The highest BCUT2D eigenvalue weighted by Gasteiger charge is 2.18. The molecule has 0 aliphatic heterocycles. The van der Waals surface area contributed by atoms with Gasteiger partial charge in [0.2, 0.25) is 0 Å². The molecule has 2 rings (SSSR count). The van der Waals surface area contributed by atoms with Crippen molar-refractivity contribution < 1.29 is 8.42 Å². The molecule has 0 radical (unpaired) electrons. The van der Waals surface area contributed by atoms with E-state index in [9.17, 15) is 8.42 Å². The number of anilines is 1. The molecule has 0 bridgehead atoms. The Labute approximate surface area is 137 Å². The fraction of sp³-hybridized carbons (Fsp3) is 0.294. The molecule has 2 aromatic rings. The molecule has 0 heterocycles. The Morgan fingerprint density at radius 1 is 0.826 bits per heavy atom. The molecule has 0 saturated heterocycles. The van der Waals surface area contributed by atoms with Crippen molar-refractivity contribution in [3.63, 3.8) is 0 Å². The molecule has 0 unspecified atom stereocenters. The van der Waals surface area contributed by atoms with Crippen LogP contribution in [-0.2, 0) is 9.84 Å². The minimum absolute atomic E-state index is 0.307. The molecule has 0 spiro atoms. The molecule has 0 saturated carbocycles. The first-order valence-corrected chi connectivity index (χ1v) is 8.88. The number of rotatable bonds is 5. The highest BCUT2D eigenvalue weighted by molar-refractivity contribution is 7.92. The van der Waals surface area contributed by atoms with Gasteiger partial charge in [0.15, 0.2) is 9.84 Å². The van der Waals surface area contributed by atoms with Gasteiger partial charge in [0.05, 0.1) is 21.5 Å². The van der Waals surface area contributed by atoms with E-state index < -0.39 is 15.1 Å². The van der Waals surface area contributed by atoms with Crippen molar-refractivity contribution in [2.24, 2.45) is 10.2 Å². The number of azo groups is 1. The minimum atomic E-state index is -3.25. The van der Waals surface area contributed by atoms with Gasteiger partial charge in [-0.1, -0.05) is 0 Å². The molecular formula is C17H21N3O2S. The summed E-state index contributed by atoms with van der Waals surface area (Å²) in [5.41, 5.74) is 2.45. The SMILES string of the molecule is CC(C)S(=O)(=O)c1ccc(/N=N/c2ccc(N(C)C)cc2)cc1. The second-order valence-corrected chi connectivity index (χ2v) is 8.20. The van der Waals surface area contributed by atoms with Crippen molar-refractivity contribution in [1.82, 2.24) is 0 Å². The van der Waals surface area contributed by atoms with Gasteiger partial charge >= 0.3 is 0 Å². The van der Waals surface area contributed by atoms with E-state index >= 15 is 0 Å². The maximum Gasteiger partial charge on any atom is 0.180 e.